The minimum absolute atomic E-state index is 0.204. The van der Waals surface area contributed by atoms with Crippen LogP contribution in [0.1, 0.15) is 66.3 Å². The summed E-state index contributed by atoms with van der Waals surface area (Å²) in [4.78, 5) is 12.5. The van der Waals surface area contributed by atoms with Crippen LogP contribution in [0, 0.1) is 13.8 Å². The summed E-state index contributed by atoms with van der Waals surface area (Å²) in [5.74, 6) is 0.204. The minimum Gasteiger partial charge on any atom is -0.377 e. The lowest BCUT2D eigenvalue weighted by molar-refractivity contribution is 0.0955. The van der Waals surface area contributed by atoms with E-state index in [0.717, 1.165) is 37.3 Å². The van der Waals surface area contributed by atoms with Gasteiger partial charge < -0.3 is 14.6 Å². The van der Waals surface area contributed by atoms with Gasteiger partial charge in [0.1, 0.15) is 0 Å². The van der Waals surface area contributed by atoms with Gasteiger partial charge in [-0.25, -0.2) is 0 Å². The number of carbonyl (C=O) groups excluding carboxylic acids is 1. The van der Waals surface area contributed by atoms with Gasteiger partial charge in [0.2, 0.25) is 0 Å². The molecule has 0 radical (unpaired) electrons. The Hall–Kier alpha value is -1.13. The van der Waals surface area contributed by atoms with E-state index in [9.17, 15) is 4.79 Å². The molecule has 22 heavy (non-hydrogen) atoms. The van der Waals surface area contributed by atoms with Gasteiger partial charge in [-0.3, -0.25) is 4.79 Å². The average Bonchev–Trinajstić information content (AvgIpc) is 3.21. The smallest absolute Gasteiger partial charge is 0.178 e. The van der Waals surface area contributed by atoms with Crippen molar-refractivity contribution in [3.63, 3.8) is 0 Å². The summed E-state index contributed by atoms with van der Waals surface area (Å²) in [5.41, 5.74) is 3.27. The van der Waals surface area contributed by atoms with E-state index in [1.165, 1.54) is 31.4 Å². The van der Waals surface area contributed by atoms with Crippen LogP contribution in [0.5, 0.6) is 0 Å². The van der Waals surface area contributed by atoms with Crippen LogP contribution >= 0.6 is 0 Å². The van der Waals surface area contributed by atoms with Crippen molar-refractivity contribution < 1.29 is 9.53 Å². The van der Waals surface area contributed by atoms with Gasteiger partial charge in [-0.05, 0) is 45.6 Å². The van der Waals surface area contributed by atoms with Crippen molar-refractivity contribution in [2.24, 2.45) is 0 Å². The van der Waals surface area contributed by atoms with E-state index in [-0.39, 0.29) is 5.78 Å². The molecule has 1 aromatic rings. The second-order valence-corrected chi connectivity index (χ2v) is 6.78. The number of hydrogen-bond donors (Lipinski definition) is 1. The normalized spacial score (nSPS) is 22.5. The van der Waals surface area contributed by atoms with E-state index in [0.29, 0.717) is 18.7 Å². The monoisotopic (exact) mass is 304 g/mol. The first-order valence-electron chi connectivity index (χ1n) is 8.70. The summed E-state index contributed by atoms with van der Waals surface area (Å²) in [6.45, 7) is 6.28. The second-order valence-electron chi connectivity index (χ2n) is 6.78. The third-order valence-corrected chi connectivity index (χ3v) is 5.16. The number of nitrogens with zero attached hydrogens (tertiary/aromatic N) is 1. The number of aromatic nitrogens is 1. The van der Waals surface area contributed by atoms with Gasteiger partial charge in [0.15, 0.2) is 5.78 Å². The number of ether oxygens (including phenoxy) is 1. The zero-order chi connectivity index (χ0) is 15.5. The van der Waals surface area contributed by atoms with Crippen LogP contribution in [-0.4, -0.2) is 36.2 Å². The van der Waals surface area contributed by atoms with E-state index < -0.39 is 0 Å². The Balaban J connectivity index is 1.61. The summed E-state index contributed by atoms with van der Waals surface area (Å²) in [7, 11) is 0. The van der Waals surface area contributed by atoms with Gasteiger partial charge in [0.05, 0.1) is 12.6 Å². The Bertz CT molecular complexity index is 523. The van der Waals surface area contributed by atoms with Crippen LogP contribution in [0.15, 0.2) is 6.07 Å². The molecule has 0 bridgehead atoms. The topological polar surface area (TPSA) is 43.3 Å². The van der Waals surface area contributed by atoms with Gasteiger partial charge in [-0.2, -0.15) is 0 Å². The van der Waals surface area contributed by atoms with E-state index in [4.69, 9.17) is 4.74 Å². The SMILES string of the molecule is Cc1cc(C(=O)CNCC2CCCO2)c(C)n1C1CCCC1. The molecule has 2 aliphatic rings. The lowest BCUT2D eigenvalue weighted by atomic mass is 10.1. The van der Waals surface area contributed by atoms with Crippen LogP contribution in [0.3, 0.4) is 0 Å². The zero-order valence-electron chi connectivity index (χ0n) is 13.9. The highest BCUT2D eigenvalue weighted by atomic mass is 16.5. The molecule has 2 heterocycles. The summed E-state index contributed by atoms with van der Waals surface area (Å²) >= 11 is 0. The third-order valence-electron chi connectivity index (χ3n) is 5.16. The molecule has 3 rings (SSSR count). The Kier molecular flexibility index (Phi) is 4.99. The Morgan fingerprint density at radius 3 is 2.73 bits per heavy atom. The minimum atomic E-state index is 0.204. The van der Waals surface area contributed by atoms with Crippen molar-refractivity contribution in [1.82, 2.24) is 9.88 Å². The molecule has 1 unspecified atom stereocenters. The number of rotatable bonds is 6. The molecular formula is C18H28N2O2. The number of aryl methyl sites for hydroxylation is 1. The number of carbonyl (C=O) groups is 1. The van der Waals surface area contributed by atoms with Crippen LogP contribution in [0.25, 0.3) is 0 Å². The molecule has 4 nitrogen and oxygen atoms in total. The first-order chi connectivity index (χ1) is 10.7. The fraction of sp³-hybridized carbons (Fsp3) is 0.722. The maximum atomic E-state index is 12.5. The maximum absolute atomic E-state index is 12.5. The van der Waals surface area contributed by atoms with E-state index in [1.807, 2.05) is 0 Å². The summed E-state index contributed by atoms with van der Waals surface area (Å²) in [6, 6.07) is 2.67. The van der Waals surface area contributed by atoms with Crippen LogP contribution in [0.2, 0.25) is 0 Å². The highest BCUT2D eigenvalue weighted by molar-refractivity contribution is 5.99. The van der Waals surface area contributed by atoms with Gasteiger partial charge in [-0.15, -0.1) is 0 Å². The van der Waals surface area contributed by atoms with E-state index in [1.54, 1.807) is 0 Å². The molecule has 0 amide bonds. The quantitative estimate of drug-likeness (QED) is 0.821. The molecule has 1 atom stereocenters. The van der Waals surface area contributed by atoms with Crippen molar-refractivity contribution in [3.05, 3.63) is 23.0 Å². The Morgan fingerprint density at radius 2 is 2.05 bits per heavy atom. The van der Waals surface area contributed by atoms with Gasteiger partial charge >= 0.3 is 0 Å². The molecule has 1 N–H and O–H groups in total. The van der Waals surface area contributed by atoms with Crippen LogP contribution in [-0.2, 0) is 4.74 Å². The maximum Gasteiger partial charge on any atom is 0.178 e. The molecule has 1 aromatic heterocycles. The first kappa shape index (κ1) is 15.8. The molecule has 2 fully saturated rings. The predicted molar refractivity (Wildman–Crippen MR) is 87.6 cm³/mol. The lowest BCUT2D eigenvalue weighted by Gasteiger charge is -2.17. The molecule has 4 heteroatoms. The largest absolute Gasteiger partial charge is 0.377 e. The standard InChI is InChI=1S/C18H28N2O2/c1-13-10-17(14(2)20(13)15-6-3-4-7-15)18(21)12-19-11-16-8-5-9-22-16/h10,15-16,19H,3-9,11-12H2,1-2H3. The fourth-order valence-corrected chi connectivity index (χ4v) is 4.03. The van der Waals surface area contributed by atoms with Crippen molar-refractivity contribution in [2.75, 3.05) is 19.7 Å². The third kappa shape index (κ3) is 3.28. The van der Waals surface area contributed by atoms with Crippen molar-refractivity contribution in [2.45, 2.75) is 64.5 Å². The molecule has 122 valence electrons. The number of ketones is 1. The van der Waals surface area contributed by atoms with Crippen molar-refractivity contribution in [3.8, 4) is 0 Å². The summed E-state index contributed by atoms with van der Waals surface area (Å²) in [6.07, 6.45) is 7.67. The van der Waals surface area contributed by atoms with E-state index in [2.05, 4.69) is 29.8 Å². The molecular weight excluding hydrogens is 276 g/mol. The fourth-order valence-electron chi connectivity index (χ4n) is 4.03. The Morgan fingerprint density at radius 1 is 1.27 bits per heavy atom. The van der Waals surface area contributed by atoms with Crippen molar-refractivity contribution in [1.29, 1.82) is 0 Å². The van der Waals surface area contributed by atoms with Gasteiger partial charge in [0.25, 0.3) is 0 Å². The van der Waals surface area contributed by atoms with Crippen LogP contribution in [0.4, 0.5) is 0 Å². The molecule has 1 aliphatic carbocycles. The second kappa shape index (κ2) is 6.97. The molecule has 1 saturated heterocycles. The highest BCUT2D eigenvalue weighted by Crippen LogP contribution is 2.33. The number of nitrogens with one attached hydrogen (secondary N) is 1. The number of Topliss-reactive ketones (excluding diaryl/α,β-unsaturated/α-hetero) is 1. The summed E-state index contributed by atoms with van der Waals surface area (Å²) < 4.78 is 7.97. The molecule has 0 aromatic carbocycles. The average molecular weight is 304 g/mol. The first-order valence-corrected chi connectivity index (χ1v) is 8.70. The molecule has 1 aliphatic heterocycles. The zero-order valence-corrected chi connectivity index (χ0v) is 13.9. The van der Waals surface area contributed by atoms with Crippen molar-refractivity contribution >= 4 is 5.78 Å². The predicted octanol–water partition coefficient (Wildman–Crippen LogP) is 3.17. The number of hydrogen-bond acceptors (Lipinski definition) is 3. The highest BCUT2D eigenvalue weighted by Gasteiger charge is 2.23. The molecule has 0 spiro atoms. The van der Waals surface area contributed by atoms with E-state index >= 15 is 0 Å². The van der Waals surface area contributed by atoms with Gasteiger partial charge in [0, 0.05) is 36.1 Å². The molecule has 1 saturated carbocycles. The lowest BCUT2D eigenvalue weighted by Crippen LogP contribution is -2.31. The summed E-state index contributed by atoms with van der Waals surface area (Å²) in [5, 5.41) is 3.27. The Labute approximate surface area is 133 Å². The van der Waals surface area contributed by atoms with Gasteiger partial charge in [-0.1, -0.05) is 12.8 Å². The van der Waals surface area contributed by atoms with Crippen LogP contribution < -0.4 is 5.32 Å².